The topological polar surface area (TPSA) is 129 Å². The van der Waals surface area contributed by atoms with Crippen LogP contribution < -0.4 is 15.2 Å². The number of nitriles is 1. The van der Waals surface area contributed by atoms with Crippen molar-refractivity contribution in [1.29, 1.82) is 5.26 Å². The number of carbonyl (C=O) groups is 1. The molecular weight excluding hydrogens is 460 g/mol. The van der Waals surface area contributed by atoms with Crippen LogP contribution in [0.4, 0.5) is 10.6 Å². The highest BCUT2D eigenvalue weighted by Gasteiger charge is 2.33. The van der Waals surface area contributed by atoms with E-state index in [1.165, 1.54) is 6.20 Å². The van der Waals surface area contributed by atoms with Crippen LogP contribution in [0, 0.1) is 23.2 Å². The van der Waals surface area contributed by atoms with Crippen molar-refractivity contribution in [2.24, 2.45) is 0 Å². The number of nitrogen functional groups attached to an aromatic ring is 1. The van der Waals surface area contributed by atoms with E-state index in [1.54, 1.807) is 42.0 Å². The molecule has 1 fully saturated rings. The van der Waals surface area contributed by atoms with Crippen molar-refractivity contribution in [2.75, 3.05) is 33.0 Å². The van der Waals surface area contributed by atoms with Gasteiger partial charge in [0.05, 0.1) is 36.7 Å². The molecule has 10 nitrogen and oxygen atoms in total. The van der Waals surface area contributed by atoms with E-state index in [0.29, 0.717) is 58.7 Å². The predicted octanol–water partition coefficient (Wildman–Crippen LogP) is 3.48. The summed E-state index contributed by atoms with van der Waals surface area (Å²) in [7, 11) is 3.14. The molecule has 3 aromatic rings. The molecule has 0 radical (unpaired) electrons. The second-order valence-electron chi connectivity index (χ2n) is 9.41. The fourth-order valence-corrected chi connectivity index (χ4v) is 4.07. The lowest BCUT2D eigenvalue weighted by molar-refractivity contribution is 0.0288. The number of pyridine rings is 1. The molecule has 1 aromatic carbocycles. The molecule has 2 aromatic heterocycles. The normalized spacial score (nSPS) is 15.2. The van der Waals surface area contributed by atoms with Gasteiger partial charge in [0, 0.05) is 30.9 Å². The maximum Gasteiger partial charge on any atom is 0.410 e. The molecule has 36 heavy (non-hydrogen) atoms. The Morgan fingerprint density at radius 1 is 1.17 bits per heavy atom. The number of carbonyl (C=O) groups excluding carboxylic acids is 1. The number of hydrogen-bond donors (Lipinski definition) is 1. The van der Waals surface area contributed by atoms with Gasteiger partial charge in [0.1, 0.15) is 34.7 Å². The summed E-state index contributed by atoms with van der Waals surface area (Å²) in [4.78, 5) is 18.4. The van der Waals surface area contributed by atoms with Gasteiger partial charge < -0.3 is 24.8 Å². The SMILES string of the molecule is COc1cc(C#Cc2nn([C@H]3CCN(C(=O)OC(C)(C)C)C3)c3c(C#N)cnc(N)c23)cc(OC)c1. The Labute approximate surface area is 209 Å². The Kier molecular flexibility index (Phi) is 6.63. The third kappa shape index (κ3) is 4.98. The molecule has 0 bridgehead atoms. The van der Waals surface area contributed by atoms with Crippen LogP contribution in [0.1, 0.15) is 50.1 Å². The average molecular weight is 489 g/mol. The summed E-state index contributed by atoms with van der Waals surface area (Å²) < 4.78 is 17.9. The summed E-state index contributed by atoms with van der Waals surface area (Å²) in [5, 5.41) is 15.0. The number of hydrogen-bond acceptors (Lipinski definition) is 8. The maximum absolute atomic E-state index is 12.6. The van der Waals surface area contributed by atoms with Crippen molar-refractivity contribution in [3.05, 3.63) is 41.2 Å². The zero-order valence-corrected chi connectivity index (χ0v) is 21.0. The summed E-state index contributed by atoms with van der Waals surface area (Å²) >= 11 is 0. The fraction of sp³-hybridized carbons (Fsp3) is 0.385. The first-order valence-corrected chi connectivity index (χ1v) is 11.4. The Morgan fingerprint density at radius 2 is 1.86 bits per heavy atom. The molecule has 0 saturated carbocycles. The van der Waals surface area contributed by atoms with E-state index in [1.807, 2.05) is 20.8 Å². The second-order valence-corrected chi connectivity index (χ2v) is 9.41. The van der Waals surface area contributed by atoms with Crippen molar-refractivity contribution in [3.63, 3.8) is 0 Å². The standard InChI is InChI=1S/C26H28N6O4/c1-26(2,3)36-25(33)31-9-8-18(15-31)32-23-17(13-27)14-29-24(28)22(23)21(30-32)7-6-16-10-19(34-4)12-20(11-16)35-5/h10-12,14,18H,8-9,15H2,1-5H3,(H2,28,29)/t18-/m0/s1. The molecule has 1 amide bonds. The van der Waals surface area contributed by atoms with Gasteiger partial charge in [0.2, 0.25) is 0 Å². The molecular formula is C26H28N6O4. The molecule has 1 aliphatic heterocycles. The minimum absolute atomic E-state index is 0.179. The number of ether oxygens (including phenoxy) is 3. The summed E-state index contributed by atoms with van der Waals surface area (Å²) in [5.74, 6) is 7.61. The van der Waals surface area contributed by atoms with E-state index in [2.05, 4.69) is 22.9 Å². The van der Waals surface area contributed by atoms with Crippen molar-refractivity contribution < 1.29 is 19.0 Å². The number of likely N-dealkylation sites (tertiary alicyclic amines) is 1. The molecule has 0 aliphatic carbocycles. The Bertz CT molecular complexity index is 1400. The molecule has 1 atom stereocenters. The van der Waals surface area contributed by atoms with E-state index < -0.39 is 5.60 Å². The first-order valence-electron chi connectivity index (χ1n) is 11.4. The van der Waals surface area contributed by atoms with E-state index in [9.17, 15) is 10.1 Å². The van der Waals surface area contributed by atoms with E-state index in [0.717, 1.165) is 0 Å². The molecule has 0 spiro atoms. The van der Waals surface area contributed by atoms with Crippen LogP contribution in [0.3, 0.4) is 0 Å². The number of methoxy groups -OCH3 is 2. The van der Waals surface area contributed by atoms with Gasteiger partial charge in [-0.2, -0.15) is 10.4 Å². The van der Waals surface area contributed by atoms with Crippen molar-refractivity contribution in [3.8, 4) is 29.4 Å². The van der Waals surface area contributed by atoms with Crippen LogP contribution in [-0.2, 0) is 4.74 Å². The third-order valence-corrected chi connectivity index (χ3v) is 5.71. The van der Waals surface area contributed by atoms with E-state index in [-0.39, 0.29) is 18.0 Å². The van der Waals surface area contributed by atoms with Crippen LogP contribution in [0.2, 0.25) is 0 Å². The summed E-state index contributed by atoms with van der Waals surface area (Å²) in [6.07, 6.45) is 1.69. The quantitative estimate of drug-likeness (QED) is 0.555. The largest absolute Gasteiger partial charge is 0.497 e. The fourth-order valence-electron chi connectivity index (χ4n) is 4.07. The number of aromatic nitrogens is 3. The van der Waals surface area contributed by atoms with Gasteiger partial charge in [-0.3, -0.25) is 4.68 Å². The lowest BCUT2D eigenvalue weighted by Crippen LogP contribution is -2.35. The van der Waals surface area contributed by atoms with Crippen LogP contribution >= 0.6 is 0 Å². The Hall–Kier alpha value is -4.44. The first-order chi connectivity index (χ1) is 17.1. The predicted molar refractivity (Wildman–Crippen MR) is 134 cm³/mol. The van der Waals surface area contributed by atoms with Gasteiger partial charge in [-0.25, -0.2) is 9.78 Å². The number of nitrogens with zero attached hydrogens (tertiary/aromatic N) is 5. The van der Waals surface area contributed by atoms with Crippen LogP contribution in [0.25, 0.3) is 10.9 Å². The van der Waals surface area contributed by atoms with Crippen molar-refractivity contribution >= 4 is 22.8 Å². The highest BCUT2D eigenvalue weighted by atomic mass is 16.6. The van der Waals surface area contributed by atoms with Crippen LogP contribution in [0.15, 0.2) is 24.4 Å². The molecule has 1 saturated heterocycles. The number of amides is 1. The van der Waals surface area contributed by atoms with Gasteiger partial charge in [0.15, 0.2) is 0 Å². The van der Waals surface area contributed by atoms with Crippen LogP contribution in [-0.4, -0.2) is 58.7 Å². The van der Waals surface area contributed by atoms with Crippen molar-refractivity contribution in [2.45, 2.75) is 38.8 Å². The number of anilines is 1. The molecule has 0 unspecified atom stereocenters. The third-order valence-electron chi connectivity index (χ3n) is 5.71. The number of nitrogens with two attached hydrogens (primary N) is 1. The van der Waals surface area contributed by atoms with Gasteiger partial charge >= 0.3 is 6.09 Å². The minimum atomic E-state index is -0.590. The lowest BCUT2D eigenvalue weighted by atomic mass is 10.1. The minimum Gasteiger partial charge on any atom is -0.497 e. The molecule has 186 valence electrons. The molecule has 10 heteroatoms. The molecule has 3 heterocycles. The van der Waals surface area contributed by atoms with Gasteiger partial charge in [-0.05, 0) is 45.2 Å². The first kappa shape index (κ1) is 24.7. The van der Waals surface area contributed by atoms with Gasteiger partial charge in [-0.1, -0.05) is 5.92 Å². The summed E-state index contributed by atoms with van der Waals surface area (Å²) in [6, 6.07) is 7.32. The van der Waals surface area contributed by atoms with E-state index >= 15 is 0 Å². The highest BCUT2D eigenvalue weighted by Crippen LogP contribution is 2.32. The number of fused-ring (bicyclic) bond motifs is 1. The zero-order chi connectivity index (χ0) is 26.0. The highest BCUT2D eigenvalue weighted by molar-refractivity contribution is 5.96. The summed E-state index contributed by atoms with van der Waals surface area (Å²) in [5.41, 5.74) is 7.58. The molecule has 4 rings (SSSR count). The average Bonchev–Trinajstić information content (AvgIpc) is 3.48. The lowest BCUT2D eigenvalue weighted by Gasteiger charge is -2.24. The monoisotopic (exact) mass is 488 g/mol. The smallest absolute Gasteiger partial charge is 0.410 e. The van der Waals surface area contributed by atoms with Crippen molar-refractivity contribution in [1.82, 2.24) is 19.7 Å². The van der Waals surface area contributed by atoms with Gasteiger partial charge in [0.25, 0.3) is 0 Å². The van der Waals surface area contributed by atoms with E-state index in [4.69, 9.17) is 25.0 Å². The second kappa shape index (κ2) is 9.67. The summed E-state index contributed by atoms with van der Waals surface area (Å²) in [6.45, 7) is 6.39. The Balaban J connectivity index is 1.76. The maximum atomic E-state index is 12.6. The van der Waals surface area contributed by atoms with Crippen LogP contribution in [0.5, 0.6) is 11.5 Å². The number of rotatable bonds is 3. The zero-order valence-electron chi connectivity index (χ0n) is 21.0. The molecule has 2 N–H and O–H groups in total. The molecule has 1 aliphatic rings. The number of benzene rings is 1. The Morgan fingerprint density at radius 3 is 2.47 bits per heavy atom. The van der Waals surface area contributed by atoms with Gasteiger partial charge in [-0.15, -0.1) is 0 Å².